The lowest BCUT2D eigenvalue weighted by molar-refractivity contribution is -0.137. The van der Waals surface area contributed by atoms with Crippen LogP contribution in [0.1, 0.15) is 38.7 Å². The summed E-state index contributed by atoms with van der Waals surface area (Å²) in [5.74, 6) is 1.16. The van der Waals surface area contributed by atoms with Gasteiger partial charge in [-0.1, -0.05) is 48.0 Å². The molecule has 1 aliphatic heterocycles. The number of carbonyl (C=O) groups is 1. The van der Waals surface area contributed by atoms with Crippen molar-refractivity contribution in [3.8, 4) is 0 Å². The largest absolute Gasteiger partial charge is 0.342 e. The van der Waals surface area contributed by atoms with Crippen molar-refractivity contribution in [1.82, 2.24) is 10.2 Å². The van der Waals surface area contributed by atoms with Crippen molar-refractivity contribution in [2.75, 3.05) is 26.2 Å². The Morgan fingerprint density at radius 3 is 2.61 bits per heavy atom. The Morgan fingerprint density at radius 2 is 2.00 bits per heavy atom. The quantitative estimate of drug-likeness (QED) is 0.778. The fourth-order valence-electron chi connectivity index (χ4n) is 3.30. The summed E-state index contributed by atoms with van der Waals surface area (Å²) >= 11 is 3.60. The average molecular weight is 381 g/mol. The van der Waals surface area contributed by atoms with Crippen LogP contribution >= 0.6 is 15.9 Å². The molecule has 0 bridgehead atoms. The minimum Gasteiger partial charge on any atom is -0.342 e. The molecule has 1 unspecified atom stereocenters. The number of benzene rings is 1. The number of carbonyl (C=O) groups excluding carboxylic acids is 1. The highest BCUT2D eigenvalue weighted by molar-refractivity contribution is 9.10. The van der Waals surface area contributed by atoms with E-state index in [-0.39, 0.29) is 5.92 Å². The topological polar surface area (TPSA) is 32.3 Å². The molecule has 0 radical (unpaired) electrons. The maximum Gasteiger partial charge on any atom is 0.226 e. The lowest BCUT2D eigenvalue weighted by Crippen LogP contribution is -2.43. The normalized spacial score (nSPS) is 17.3. The van der Waals surface area contributed by atoms with Crippen molar-refractivity contribution in [1.29, 1.82) is 0 Å². The highest BCUT2D eigenvalue weighted by Gasteiger charge is 2.27. The van der Waals surface area contributed by atoms with Gasteiger partial charge in [-0.3, -0.25) is 4.79 Å². The fraction of sp³-hybridized carbons (Fsp3) is 0.632. The lowest BCUT2D eigenvalue weighted by atomic mass is 9.92. The summed E-state index contributed by atoms with van der Waals surface area (Å²) in [6, 6.07) is 8.23. The molecule has 0 spiro atoms. The van der Waals surface area contributed by atoms with Gasteiger partial charge in [0.05, 0.1) is 0 Å². The second kappa shape index (κ2) is 9.43. The molecule has 2 rings (SSSR count). The van der Waals surface area contributed by atoms with Gasteiger partial charge in [0.1, 0.15) is 0 Å². The average Bonchev–Trinajstić information content (AvgIpc) is 2.59. The van der Waals surface area contributed by atoms with Gasteiger partial charge in [-0.25, -0.2) is 0 Å². The Morgan fingerprint density at radius 1 is 1.30 bits per heavy atom. The molecule has 0 aromatic heterocycles. The van der Waals surface area contributed by atoms with Crippen LogP contribution in [0.3, 0.4) is 0 Å². The van der Waals surface area contributed by atoms with Gasteiger partial charge in [-0.15, -0.1) is 0 Å². The number of hydrogen-bond donors (Lipinski definition) is 1. The first-order valence-corrected chi connectivity index (χ1v) is 9.67. The van der Waals surface area contributed by atoms with Crippen molar-refractivity contribution >= 4 is 21.8 Å². The zero-order valence-corrected chi connectivity index (χ0v) is 15.9. The van der Waals surface area contributed by atoms with Gasteiger partial charge in [0.2, 0.25) is 5.91 Å². The van der Waals surface area contributed by atoms with Crippen LogP contribution in [-0.4, -0.2) is 37.0 Å². The molecule has 1 aliphatic rings. The highest BCUT2D eigenvalue weighted by Crippen LogP contribution is 2.24. The van der Waals surface area contributed by atoms with Gasteiger partial charge in [-0.05, 0) is 56.3 Å². The summed E-state index contributed by atoms with van der Waals surface area (Å²) in [5.41, 5.74) is 1.23. The van der Waals surface area contributed by atoms with E-state index in [9.17, 15) is 4.79 Å². The Balaban J connectivity index is 1.89. The lowest BCUT2D eigenvalue weighted by Gasteiger charge is -2.34. The molecule has 23 heavy (non-hydrogen) atoms. The standard InChI is InChI=1S/C19H29BrN2O/c1-3-16(13-17-7-5-6-8-18(17)20)19(23)22-11-9-15(10-12-22)14-21-4-2/h5-8,15-16,21H,3-4,9-14H2,1-2H3. The number of rotatable bonds is 7. The molecule has 1 aromatic carbocycles. The number of nitrogens with zero attached hydrogens (tertiary/aromatic N) is 1. The molecule has 3 nitrogen and oxygen atoms in total. The maximum absolute atomic E-state index is 12.9. The predicted octanol–water partition coefficient (Wildman–Crippen LogP) is 3.87. The molecule has 0 aliphatic carbocycles. The highest BCUT2D eigenvalue weighted by atomic mass is 79.9. The summed E-state index contributed by atoms with van der Waals surface area (Å²) in [7, 11) is 0. The molecule has 1 heterocycles. The summed E-state index contributed by atoms with van der Waals surface area (Å²) < 4.78 is 1.11. The molecule has 0 saturated carbocycles. The fourth-order valence-corrected chi connectivity index (χ4v) is 3.75. The SMILES string of the molecule is CCNCC1CCN(C(=O)C(CC)Cc2ccccc2Br)CC1. The second-order valence-corrected chi connectivity index (χ2v) is 7.33. The summed E-state index contributed by atoms with van der Waals surface area (Å²) in [4.78, 5) is 15.0. The van der Waals surface area contributed by atoms with Gasteiger partial charge in [0.15, 0.2) is 0 Å². The Hall–Kier alpha value is -0.870. The number of halogens is 1. The van der Waals surface area contributed by atoms with Crippen molar-refractivity contribution in [2.45, 2.75) is 39.5 Å². The van der Waals surface area contributed by atoms with E-state index in [1.165, 1.54) is 5.56 Å². The molecular formula is C19H29BrN2O. The Labute approximate surface area is 149 Å². The summed E-state index contributed by atoms with van der Waals surface area (Å²) in [5, 5.41) is 3.43. The maximum atomic E-state index is 12.9. The van der Waals surface area contributed by atoms with Gasteiger partial charge in [0, 0.05) is 23.5 Å². The first-order chi connectivity index (χ1) is 11.2. The van der Waals surface area contributed by atoms with Crippen LogP contribution in [0.5, 0.6) is 0 Å². The van der Waals surface area contributed by atoms with Crippen LogP contribution in [-0.2, 0) is 11.2 Å². The van der Waals surface area contributed by atoms with E-state index in [4.69, 9.17) is 0 Å². The Bertz CT molecular complexity index is 498. The smallest absolute Gasteiger partial charge is 0.226 e. The molecule has 1 aromatic rings. The molecule has 1 fully saturated rings. The van der Waals surface area contributed by atoms with Crippen molar-refractivity contribution in [2.24, 2.45) is 11.8 Å². The Kier molecular flexibility index (Phi) is 7.57. The third-order valence-corrected chi connectivity index (χ3v) is 5.65. The molecule has 4 heteroatoms. The third kappa shape index (κ3) is 5.32. The van der Waals surface area contributed by atoms with Crippen LogP contribution in [0.4, 0.5) is 0 Å². The zero-order chi connectivity index (χ0) is 16.7. The van der Waals surface area contributed by atoms with E-state index in [1.807, 2.05) is 12.1 Å². The van der Waals surface area contributed by atoms with Crippen LogP contribution in [0, 0.1) is 11.8 Å². The van der Waals surface area contributed by atoms with E-state index >= 15 is 0 Å². The van der Waals surface area contributed by atoms with Gasteiger partial charge in [0.25, 0.3) is 0 Å². The van der Waals surface area contributed by atoms with Gasteiger partial charge >= 0.3 is 0 Å². The monoisotopic (exact) mass is 380 g/mol. The van der Waals surface area contributed by atoms with E-state index in [0.717, 1.165) is 62.3 Å². The minimum atomic E-state index is 0.0963. The summed E-state index contributed by atoms with van der Waals surface area (Å²) in [6.07, 6.45) is 3.99. The van der Waals surface area contributed by atoms with Crippen LogP contribution < -0.4 is 5.32 Å². The number of piperidine rings is 1. The van der Waals surface area contributed by atoms with Crippen molar-refractivity contribution in [3.05, 3.63) is 34.3 Å². The number of hydrogen-bond acceptors (Lipinski definition) is 2. The number of nitrogens with one attached hydrogen (secondary N) is 1. The van der Waals surface area contributed by atoms with E-state index in [2.05, 4.69) is 52.1 Å². The van der Waals surface area contributed by atoms with Crippen molar-refractivity contribution in [3.63, 3.8) is 0 Å². The zero-order valence-electron chi connectivity index (χ0n) is 14.4. The minimum absolute atomic E-state index is 0.0963. The molecule has 1 N–H and O–H groups in total. The third-order valence-electron chi connectivity index (χ3n) is 4.88. The van der Waals surface area contributed by atoms with Gasteiger partial charge < -0.3 is 10.2 Å². The first-order valence-electron chi connectivity index (χ1n) is 8.88. The van der Waals surface area contributed by atoms with Crippen LogP contribution in [0.2, 0.25) is 0 Å². The first kappa shape index (κ1) is 18.5. The number of amides is 1. The van der Waals surface area contributed by atoms with Crippen LogP contribution in [0.25, 0.3) is 0 Å². The molecular weight excluding hydrogens is 352 g/mol. The second-order valence-electron chi connectivity index (χ2n) is 6.48. The van der Waals surface area contributed by atoms with Crippen molar-refractivity contribution < 1.29 is 4.79 Å². The summed E-state index contributed by atoms with van der Waals surface area (Å²) in [6.45, 7) is 8.22. The molecule has 1 saturated heterocycles. The predicted molar refractivity (Wildman–Crippen MR) is 99.5 cm³/mol. The van der Waals surface area contributed by atoms with E-state index in [0.29, 0.717) is 5.91 Å². The van der Waals surface area contributed by atoms with E-state index in [1.54, 1.807) is 0 Å². The van der Waals surface area contributed by atoms with Crippen LogP contribution in [0.15, 0.2) is 28.7 Å². The van der Waals surface area contributed by atoms with Gasteiger partial charge in [-0.2, -0.15) is 0 Å². The molecule has 128 valence electrons. The molecule has 1 amide bonds. The number of likely N-dealkylation sites (tertiary alicyclic amines) is 1. The van der Waals surface area contributed by atoms with E-state index < -0.39 is 0 Å². The molecule has 1 atom stereocenters.